The summed E-state index contributed by atoms with van der Waals surface area (Å²) in [7, 11) is 0. The van der Waals surface area contributed by atoms with Gasteiger partial charge in [0, 0.05) is 23.2 Å². The monoisotopic (exact) mass is 394 g/mol. The number of imidazole rings is 1. The Labute approximate surface area is 179 Å². The summed E-state index contributed by atoms with van der Waals surface area (Å²) in [5.74, 6) is 0. The number of hydrogen-bond acceptors (Lipinski definition) is 1. The zero-order chi connectivity index (χ0) is 20.1. The van der Waals surface area contributed by atoms with Crippen LogP contribution in [0.5, 0.6) is 0 Å². The smallest absolute Gasteiger partial charge is 0.145 e. The molecule has 0 bridgehead atoms. The summed E-state index contributed by atoms with van der Waals surface area (Å²) in [6, 6.07) is 27.1. The standard InChI is InChI=1S/C29H18N2/c1-4-8-21-17(5-1)13-19-15-25-26(16-23(19)21)29-30-11-12-31(29)27-10-9-22-20-7-3-2-6-18(20)14-24(22)28(25)27/h1-12,15-16H,13-14H2. The molecular weight excluding hydrogens is 376 g/mol. The van der Waals surface area contributed by atoms with Crippen LogP contribution in [-0.4, -0.2) is 9.38 Å². The lowest BCUT2D eigenvalue weighted by atomic mass is 9.94. The van der Waals surface area contributed by atoms with Crippen LogP contribution in [0.2, 0.25) is 0 Å². The number of hydrogen-bond donors (Lipinski definition) is 0. The van der Waals surface area contributed by atoms with Crippen LogP contribution in [0.15, 0.2) is 85.2 Å². The summed E-state index contributed by atoms with van der Waals surface area (Å²) < 4.78 is 2.27. The molecular formula is C29H18N2. The molecule has 0 radical (unpaired) electrons. The molecule has 2 heterocycles. The van der Waals surface area contributed by atoms with Gasteiger partial charge in [0.2, 0.25) is 0 Å². The van der Waals surface area contributed by atoms with E-state index in [0.717, 1.165) is 18.5 Å². The number of rotatable bonds is 0. The number of nitrogens with zero attached hydrogens (tertiary/aromatic N) is 2. The van der Waals surface area contributed by atoms with E-state index in [0.29, 0.717) is 0 Å². The highest BCUT2D eigenvalue weighted by Gasteiger charge is 2.25. The fourth-order valence-corrected chi connectivity index (χ4v) is 5.97. The lowest BCUT2D eigenvalue weighted by molar-refractivity contribution is 1.24. The van der Waals surface area contributed by atoms with Crippen molar-refractivity contribution in [3.05, 3.63) is 107 Å². The molecule has 144 valence electrons. The van der Waals surface area contributed by atoms with Gasteiger partial charge >= 0.3 is 0 Å². The quantitative estimate of drug-likeness (QED) is 0.259. The summed E-state index contributed by atoms with van der Waals surface area (Å²) in [5, 5.41) is 3.97. The summed E-state index contributed by atoms with van der Waals surface area (Å²) in [5.41, 5.74) is 13.5. The van der Waals surface area contributed by atoms with Crippen molar-refractivity contribution in [3.63, 3.8) is 0 Å². The van der Waals surface area contributed by atoms with Crippen LogP contribution in [0.25, 0.3) is 49.6 Å². The molecule has 4 aromatic carbocycles. The van der Waals surface area contributed by atoms with Gasteiger partial charge in [-0.15, -0.1) is 0 Å². The van der Waals surface area contributed by atoms with Gasteiger partial charge in [0.15, 0.2) is 0 Å². The molecule has 0 saturated carbocycles. The molecule has 0 N–H and O–H groups in total. The Hall–Kier alpha value is -3.91. The Bertz CT molecular complexity index is 1740. The Morgan fingerprint density at radius 3 is 2.29 bits per heavy atom. The van der Waals surface area contributed by atoms with Crippen LogP contribution in [-0.2, 0) is 12.8 Å². The molecule has 0 spiro atoms. The van der Waals surface area contributed by atoms with Crippen molar-refractivity contribution in [3.8, 4) is 22.3 Å². The molecule has 31 heavy (non-hydrogen) atoms. The summed E-state index contributed by atoms with van der Waals surface area (Å²) in [6.45, 7) is 0. The number of pyridine rings is 1. The fourth-order valence-electron chi connectivity index (χ4n) is 5.97. The third kappa shape index (κ3) is 1.91. The normalized spacial score (nSPS) is 13.5. The molecule has 2 aliphatic rings. The van der Waals surface area contributed by atoms with E-state index in [9.17, 15) is 0 Å². The van der Waals surface area contributed by atoms with E-state index in [2.05, 4.69) is 83.4 Å². The van der Waals surface area contributed by atoms with Gasteiger partial charge in [-0.25, -0.2) is 4.98 Å². The van der Waals surface area contributed by atoms with E-state index in [4.69, 9.17) is 4.98 Å². The SMILES string of the molecule is c1ccc2c(c1)Cc1cc3c(cc1-2)c1nccn1c1ccc2c(c31)Cc1ccccc1-2. The highest BCUT2D eigenvalue weighted by molar-refractivity contribution is 6.16. The van der Waals surface area contributed by atoms with Crippen molar-refractivity contribution in [1.29, 1.82) is 0 Å². The van der Waals surface area contributed by atoms with Crippen LogP contribution in [0.1, 0.15) is 22.3 Å². The van der Waals surface area contributed by atoms with Crippen molar-refractivity contribution in [2.75, 3.05) is 0 Å². The molecule has 6 aromatic rings. The van der Waals surface area contributed by atoms with Crippen LogP contribution in [0, 0.1) is 0 Å². The van der Waals surface area contributed by atoms with E-state index in [1.165, 1.54) is 66.2 Å². The van der Waals surface area contributed by atoms with Gasteiger partial charge < -0.3 is 0 Å². The van der Waals surface area contributed by atoms with E-state index in [1.54, 1.807) is 0 Å². The molecule has 0 aliphatic heterocycles. The number of benzene rings is 4. The molecule has 2 heteroatoms. The first-order valence-electron chi connectivity index (χ1n) is 10.9. The van der Waals surface area contributed by atoms with Gasteiger partial charge in [-0.1, -0.05) is 54.6 Å². The van der Waals surface area contributed by atoms with E-state index in [-0.39, 0.29) is 0 Å². The lowest BCUT2D eigenvalue weighted by Gasteiger charge is -2.14. The molecule has 0 saturated heterocycles. The zero-order valence-electron chi connectivity index (χ0n) is 16.9. The minimum Gasteiger partial charge on any atom is -0.299 e. The third-order valence-corrected chi connectivity index (χ3v) is 7.31. The van der Waals surface area contributed by atoms with E-state index < -0.39 is 0 Å². The predicted octanol–water partition coefficient (Wildman–Crippen LogP) is 6.78. The van der Waals surface area contributed by atoms with Crippen LogP contribution >= 0.6 is 0 Å². The second-order valence-electron chi connectivity index (χ2n) is 8.83. The second-order valence-corrected chi connectivity index (χ2v) is 8.83. The van der Waals surface area contributed by atoms with Crippen LogP contribution < -0.4 is 0 Å². The van der Waals surface area contributed by atoms with Gasteiger partial charge in [-0.05, 0) is 80.9 Å². The maximum atomic E-state index is 4.77. The van der Waals surface area contributed by atoms with Crippen molar-refractivity contribution in [2.45, 2.75) is 12.8 Å². The average molecular weight is 394 g/mol. The molecule has 2 aliphatic carbocycles. The maximum absolute atomic E-state index is 4.77. The molecule has 0 unspecified atom stereocenters. The predicted molar refractivity (Wildman–Crippen MR) is 127 cm³/mol. The molecule has 0 atom stereocenters. The maximum Gasteiger partial charge on any atom is 0.145 e. The fraction of sp³-hybridized carbons (Fsp3) is 0.0690. The highest BCUT2D eigenvalue weighted by atomic mass is 15.0. The summed E-state index contributed by atoms with van der Waals surface area (Å²) in [6.07, 6.45) is 6.04. The van der Waals surface area contributed by atoms with Gasteiger partial charge in [0.25, 0.3) is 0 Å². The Balaban J connectivity index is 1.56. The first-order valence-corrected chi connectivity index (χ1v) is 10.9. The van der Waals surface area contributed by atoms with Crippen molar-refractivity contribution < 1.29 is 0 Å². The van der Waals surface area contributed by atoms with E-state index in [1.807, 2.05) is 6.20 Å². The lowest BCUT2D eigenvalue weighted by Crippen LogP contribution is -1.95. The topological polar surface area (TPSA) is 17.3 Å². The molecule has 2 aromatic heterocycles. The Morgan fingerprint density at radius 1 is 0.645 bits per heavy atom. The minimum atomic E-state index is 0.995. The zero-order valence-corrected chi connectivity index (χ0v) is 16.9. The third-order valence-electron chi connectivity index (χ3n) is 7.31. The van der Waals surface area contributed by atoms with Gasteiger partial charge in [0.1, 0.15) is 5.65 Å². The van der Waals surface area contributed by atoms with Crippen LogP contribution in [0.3, 0.4) is 0 Å². The molecule has 2 nitrogen and oxygen atoms in total. The van der Waals surface area contributed by atoms with E-state index >= 15 is 0 Å². The van der Waals surface area contributed by atoms with Crippen molar-refractivity contribution in [1.82, 2.24) is 9.38 Å². The average Bonchev–Trinajstić information content (AvgIpc) is 3.52. The number of fused-ring (bicyclic) bond motifs is 13. The highest BCUT2D eigenvalue weighted by Crippen LogP contribution is 2.45. The Morgan fingerprint density at radius 2 is 1.42 bits per heavy atom. The molecule has 0 fully saturated rings. The van der Waals surface area contributed by atoms with Crippen molar-refractivity contribution >= 4 is 27.3 Å². The van der Waals surface area contributed by atoms with Crippen molar-refractivity contribution in [2.24, 2.45) is 0 Å². The first kappa shape index (κ1) is 15.9. The molecule has 8 rings (SSSR count). The van der Waals surface area contributed by atoms with Gasteiger partial charge in [0.05, 0.1) is 5.52 Å². The van der Waals surface area contributed by atoms with Crippen LogP contribution in [0.4, 0.5) is 0 Å². The van der Waals surface area contributed by atoms with Gasteiger partial charge in [-0.2, -0.15) is 0 Å². The number of aromatic nitrogens is 2. The largest absolute Gasteiger partial charge is 0.299 e. The summed E-state index contributed by atoms with van der Waals surface area (Å²) in [4.78, 5) is 4.77. The van der Waals surface area contributed by atoms with Gasteiger partial charge in [-0.3, -0.25) is 4.40 Å². The Kier molecular flexibility index (Phi) is 2.77. The molecule has 0 amide bonds. The minimum absolute atomic E-state index is 0.995. The first-order chi connectivity index (χ1) is 15.4. The second kappa shape index (κ2) is 5.41. The summed E-state index contributed by atoms with van der Waals surface area (Å²) >= 11 is 0.